The van der Waals surface area contributed by atoms with Crippen LogP contribution in [0.25, 0.3) is 11.3 Å². The number of aromatic nitrogens is 2. The largest absolute Gasteiger partial charge is 0.290 e. The van der Waals surface area contributed by atoms with E-state index in [1.54, 1.807) is 12.1 Å². The van der Waals surface area contributed by atoms with Gasteiger partial charge in [-0.1, -0.05) is 48.0 Å². The topological polar surface area (TPSA) is 93.9 Å². The minimum atomic E-state index is -0.536. The third-order valence-electron chi connectivity index (χ3n) is 3.42. The fraction of sp³-hybridized carbons (Fsp3) is 0. The molecule has 0 radical (unpaired) electrons. The Hall–Kier alpha value is -2.70. The lowest BCUT2D eigenvalue weighted by atomic mass is 10.1. The van der Waals surface area contributed by atoms with Crippen LogP contribution in [-0.4, -0.2) is 16.2 Å². The van der Waals surface area contributed by atoms with Crippen molar-refractivity contribution in [3.05, 3.63) is 78.6 Å². The molecule has 3 aromatic rings. The number of H-pyrrole nitrogens is 1. The van der Waals surface area contributed by atoms with Crippen molar-refractivity contribution in [2.24, 2.45) is 5.10 Å². The Morgan fingerprint density at radius 2 is 2.04 bits per heavy atom. The highest BCUT2D eigenvalue weighted by atomic mass is 127. The molecule has 0 amide bonds. The molecule has 0 aliphatic rings. The van der Waals surface area contributed by atoms with E-state index >= 15 is 0 Å². The van der Waals surface area contributed by atoms with Gasteiger partial charge in [0.2, 0.25) is 5.95 Å². The second kappa shape index (κ2) is 8.12. The fourth-order valence-electron chi connectivity index (χ4n) is 2.20. The third kappa shape index (κ3) is 4.09. The Morgan fingerprint density at radius 1 is 1.27 bits per heavy atom. The van der Waals surface area contributed by atoms with Crippen LogP contribution >= 0.6 is 34.2 Å². The monoisotopic (exact) mass is 475 g/mol. The Balaban J connectivity index is 1.92. The highest BCUT2D eigenvalue weighted by Gasteiger charge is 2.12. The molecule has 0 bridgehead atoms. The molecule has 3 rings (SSSR count). The Morgan fingerprint density at radius 3 is 2.73 bits per heavy atom. The molecule has 2 aromatic carbocycles. The highest BCUT2D eigenvalue weighted by Crippen LogP contribution is 2.20. The summed E-state index contributed by atoms with van der Waals surface area (Å²) in [5, 5.41) is 13.9. The molecule has 0 spiro atoms. The van der Waals surface area contributed by atoms with E-state index in [2.05, 4.69) is 43.1 Å². The van der Waals surface area contributed by atoms with E-state index in [-0.39, 0.29) is 11.5 Å². The van der Waals surface area contributed by atoms with Crippen molar-refractivity contribution < 1.29 is 0 Å². The van der Waals surface area contributed by atoms with Gasteiger partial charge in [0.1, 0.15) is 11.6 Å². The minimum Gasteiger partial charge on any atom is -0.290 e. The van der Waals surface area contributed by atoms with Crippen LogP contribution in [0.5, 0.6) is 0 Å². The van der Waals surface area contributed by atoms with Crippen molar-refractivity contribution >= 4 is 46.4 Å². The average molecular weight is 476 g/mol. The van der Waals surface area contributed by atoms with E-state index in [0.29, 0.717) is 16.3 Å². The maximum absolute atomic E-state index is 12.2. The molecule has 26 heavy (non-hydrogen) atoms. The lowest BCUT2D eigenvalue weighted by Gasteiger charge is -2.06. The number of hydrogen-bond acceptors (Lipinski definition) is 5. The first kappa shape index (κ1) is 18.1. The Kier molecular flexibility index (Phi) is 5.65. The number of benzene rings is 2. The second-order valence-electron chi connectivity index (χ2n) is 5.15. The number of nitrogens with zero attached hydrogens (tertiary/aromatic N) is 3. The van der Waals surface area contributed by atoms with Gasteiger partial charge < -0.3 is 0 Å². The van der Waals surface area contributed by atoms with Gasteiger partial charge in [-0.2, -0.15) is 10.4 Å². The van der Waals surface area contributed by atoms with E-state index in [1.807, 2.05) is 42.5 Å². The summed E-state index contributed by atoms with van der Waals surface area (Å²) >= 11 is 8.32. The molecule has 0 aliphatic carbocycles. The summed E-state index contributed by atoms with van der Waals surface area (Å²) < 4.78 is 1.02. The van der Waals surface area contributed by atoms with Gasteiger partial charge in [0, 0.05) is 14.7 Å². The van der Waals surface area contributed by atoms with Crippen LogP contribution < -0.4 is 11.0 Å². The number of nitrogens with one attached hydrogen (secondary N) is 2. The summed E-state index contributed by atoms with van der Waals surface area (Å²) in [7, 11) is 0. The number of anilines is 1. The predicted molar refractivity (Wildman–Crippen MR) is 110 cm³/mol. The van der Waals surface area contributed by atoms with E-state index in [9.17, 15) is 10.1 Å². The molecule has 0 saturated heterocycles. The van der Waals surface area contributed by atoms with Crippen LogP contribution in [0.1, 0.15) is 11.1 Å². The Bertz CT molecular complexity index is 1070. The number of halogens is 2. The molecule has 0 saturated carbocycles. The van der Waals surface area contributed by atoms with Gasteiger partial charge in [0.05, 0.1) is 16.9 Å². The van der Waals surface area contributed by atoms with Crippen molar-refractivity contribution in [2.75, 3.05) is 5.43 Å². The van der Waals surface area contributed by atoms with Crippen molar-refractivity contribution in [3.8, 4) is 17.3 Å². The summed E-state index contributed by atoms with van der Waals surface area (Å²) in [6, 6.07) is 16.5. The molecule has 2 N–H and O–H groups in total. The standard InChI is InChI=1S/C18H11ClIN5O/c19-15-8-13(20)7-6-12(15)10-22-25-18-23-16(11-4-2-1-3-5-11)14(9-21)17(26)24-18/h1-8,10H,(H2,23,24,25,26). The van der Waals surface area contributed by atoms with Crippen molar-refractivity contribution in [2.45, 2.75) is 0 Å². The fourth-order valence-corrected chi connectivity index (χ4v) is 3.11. The lowest BCUT2D eigenvalue weighted by Crippen LogP contribution is -2.16. The summed E-state index contributed by atoms with van der Waals surface area (Å²) in [6.45, 7) is 0. The van der Waals surface area contributed by atoms with Gasteiger partial charge in [0.15, 0.2) is 0 Å². The number of nitriles is 1. The minimum absolute atomic E-state index is 0.0496. The highest BCUT2D eigenvalue weighted by molar-refractivity contribution is 14.1. The van der Waals surface area contributed by atoms with E-state index in [0.717, 1.165) is 9.13 Å². The summed E-state index contributed by atoms with van der Waals surface area (Å²) in [6.07, 6.45) is 1.53. The first-order valence-corrected chi connectivity index (χ1v) is 8.88. The molecular formula is C18H11ClIN5O. The first-order chi connectivity index (χ1) is 12.6. The average Bonchev–Trinajstić information content (AvgIpc) is 2.64. The lowest BCUT2D eigenvalue weighted by molar-refractivity contribution is 1.08. The van der Waals surface area contributed by atoms with Crippen molar-refractivity contribution in [3.63, 3.8) is 0 Å². The Labute approximate surface area is 167 Å². The number of rotatable bonds is 4. The van der Waals surface area contributed by atoms with Crippen molar-refractivity contribution in [1.29, 1.82) is 5.26 Å². The molecular weight excluding hydrogens is 465 g/mol. The van der Waals surface area contributed by atoms with Crippen molar-refractivity contribution in [1.82, 2.24) is 9.97 Å². The van der Waals surface area contributed by atoms with E-state index in [4.69, 9.17) is 11.6 Å². The van der Waals surface area contributed by atoms with E-state index in [1.165, 1.54) is 6.21 Å². The molecule has 128 valence electrons. The van der Waals surface area contributed by atoms with Gasteiger partial charge in [-0.05, 0) is 34.7 Å². The molecule has 0 aliphatic heterocycles. The molecule has 0 unspecified atom stereocenters. The third-order valence-corrected chi connectivity index (χ3v) is 4.41. The smallest absolute Gasteiger partial charge is 0.270 e. The number of aromatic amines is 1. The van der Waals surface area contributed by atoms with E-state index < -0.39 is 5.56 Å². The van der Waals surface area contributed by atoms with Crippen LogP contribution in [0.4, 0.5) is 5.95 Å². The van der Waals surface area contributed by atoms with Gasteiger partial charge >= 0.3 is 0 Å². The molecule has 8 heteroatoms. The number of hydrogen-bond donors (Lipinski definition) is 2. The zero-order valence-corrected chi connectivity index (χ0v) is 16.1. The number of hydrazone groups is 1. The second-order valence-corrected chi connectivity index (χ2v) is 6.80. The van der Waals surface area contributed by atoms with Gasteiger partial charge in [-0.25, -0.2) is 10.4 Å². The van der Waals surface area contributed by atoms with Gasteiger partial charge in [-0.3, -0.25) is 9.78 Å². The maximum atomic E-state index is 12.2. The predicted octanol–water partition coefficient (Wildman–Crippen LogP) is 4.01. The quantitative estimate of drug-likeness (QED) is 0.339. The van der Waals surface area contributed by atoms with Gasteiger partial charge in [0.25, 0.3) is 5.56 Å². The summed E-state index contributed by atoms with van der Waals surface area (Å²) in [5.74, 6) is 0.130. The van der Waals surface area contributed by atoms with Crippen LogP contribution in [-0.2, 0) is 0 Å². The SMILES string of the molecule is N#Cc1c(-c2ccccc2)nc(NN=Cc2ccc(I)cc2Cl)[nH]c1=O. The van der Waals surface area contributed by atoms with Crippen LogP contribution in [0.3, 0.4) is 0 Å². The molecule has 0 atom stereocenters. The van der Waals surface area contributed by atoms with Crippen LogP contribution in [0.15, 0.2) is 58.4 Å². The normalized spacial score (nSPS) is 10.7. The molecule has 1 heterocycles. The molecule has 0 fully saturated rings. The van der Waals surface area contributed by atoms with Crippen LogP contribution in [0, 0.1) is 14.9 Å². The molecule has 1 aromatic heterocycles. The maximum Gasteiger partial charge on any atom is 0.270 e. The zero-order chi connectivity index (χ0) is 18.5. The first-order valence-electron chi connectivity index (χ1n) is 7.42. The summed E-state index contributed by atoms with van der Waals surface area (Å²) in [4.78, 5) is 19.0. The molecule has 6 nitrogen and oxygen atoms in total. The van der Waals surface area contributed by atoms with Gasteiger partial charge in [-0.15, -0.1) is 0 Å². The zero-order valence-electron chi connectivity index (χ0n) is 13.2. The summed E-state index contributed by atoms with van der Waals surface area (Å²) in [5.41, 5.74) is 3.77. The van der Waals surface area contributed by atoms with Crippen LogP contribution in [0.2, 0.25) is 5.02 Å².